The SMILES string of the molecule is C1=CC=C(P(c2ccccc2)c2ccccc2)C=1[C]1[N-][C@@H](Cc2ccccc2)CO1.[C]1=C=C=C=[C-]1.[Fe+2]. The minimum absolute atomic E-state index is 0. The van der Waals surface area contributed by atoms with E-state index in [2.05, 4.69) is 126 Å². The van der Waals surface area contributed by atoms with Gasteiger partial charge in [0.25, 0.3) is 0 Å². The van der Waals surface area contributed by atoms with Crippen molar-refractivity contribution in [3.05, 3.63) is 166 Å². The van der Waals surface area contributed by atoms with Crippen molar-refractivity contribution in [2.45, 2.75) is 12.5 Å². The van der Waals surface area contributed by atoms with Crippen LogP contribution in [0.15, 0.2) is 137 Å². The molecule has 1 atom stereocenters. The zero-order chi connectivity index (χ0) is 23.7. The fourth-order valence-electron chi connectivity index (χ4n) is 4.00. The molecule has 2 aliphatic carbocycles. The molecule has 0 aromatic heterocycles. The van der Waals surface area contributed by atoms with Crippen molar-refractivity contribution in [1.29, 1.82) is 0 Å². The summed E-state index contributed by atoms with van der Waals surface area (Å²) >= 11 is 0. The standard InChI is InChI=1S/C27H22NOP.C5.Fe/c1-4-11-21(12-5-1)19-22-20-29-27(28-22)25-17-10-18-26(25)30(23-13-6-2-7-14-23)24-15-8-3-9-16-24;1-2-4-5-3-1;/h1-16,18,22H,19-20H2;;/q2*-1;+2/t22-;;/m0../s1. The molecular weight excluding hydrogens is 501 g/mol. The first-order valence-corrected chi connectivity index (χ1v) is 12.8. The predicted octanol–water partition coefficient (Wildman–Crippen LogP) is 6.23. The van der Waals surface area contributed by atoms with Crippen molar-refractivity contribution in [3.8, 4) is 0 Å². The van der Waals surface area contributed by atoms with Gasteiger partial charge < -0.3 is 10.1 Å². The summed E-state index contributed by atoms with van der Waals surface area (Å²) in [5.74, 6) is 0. The summed E-state index contributed by atoms with van der Waals surface area (Å²) < 4.78 is 6.07. The Labute approximate surface area is 225 Å². The fourth-order valence-corrected chi connectivity index (χ4v) is 6.40. The third-order valence-electron chi connectivity index (χ3n) is 5.55. The zero-order valence-electron chi connectivity index (χ0n) is 19.5. The van der Waals surface area contributed by atoms with Gasteiger partial charge in [-0.25, -0.2) is 5.73 Å². The second-order valence-corrected chi connectivity index (χ2v) is 10.1. The van der Waals surface area contributed by atoms with Crippen LogP contribution in [0, 0.1) is 18.4 Å². The van der Waals surface area contributed by atoms with Crippen LogP contribution >= 0.6 is 7.92 Å². The average Bonchev–Trinajstić information content (AvgIpc) is 3.71. The van der Waals surface area contributed by atoms with Crippen LogP contribution in [0.3, 0.4) is 0 Å². The molecule has 0 amide bonds. The Bertz CT molecular complexity index is 1330. The minimum Gasteiger partial charge on any atom is -0.623 e. The second kappa shape index (κ2) is 13.3. The van der Waals surface area contributed by atoms with Crippen LogP contribution < -0.4 is 10.6 Å². The first kappa shape index (κ1) is 25.9. The molecule has 3 aromatic rings. The van der Waals surface area contributed by atoms with E-state index in [9.17, 15) is 0 Å². The van der Waals surface area contributed by atoms with Gasteiger partial charge in [-0.2, -0.15) is 0 Å². The number of nitrogens with zero attached hydrogens (tertiary/aromatic N) is 1. The monoisotopic (exact) mass is 523 g/mol. The van der Waals surface area contributed by atoms with Crippen LogP contribution in [0.1, 0.15) is 5.56 Å². The summed E-state index contributed by atoms with van der Waals surface area (Å²) in [4.78, 5) is 0. The summed E-state index contributed by atoms with van der Waals surface area (Å²) in [5.41, 5.74) is 13.2. The van der Waals surface area contributed by atoms with Crippen molar-refractivity contribution < 1.29 is 21.8 Å². The second-order valence-electron chi connectivity index (χ2n) is 7.96. The maximum absolute atomic E-state index is 6.07. The van der Waals surface area contributed by atoms with E-state index < -0.39 is 7.92 Å². The maximum atomic E-state index is 6.07. The maximum Gasteiger partial charge on any atom is 2.00 e. The summed E-state index contributed by atoms with van der Waals surface area (Å²) in [6.07, 6.45) is 10.8. The van der Waals surface area contributed by atoms with E-state index in [0.29, 0.717) is 6.61 Å². The van der Waals surface area contributed by atoms with Gasteiger partial charge in [-0.15, -0.1) is 23.9 Å². The Morgan fingerprint density at radius 3 is 2.06 bits per heavy atom. The summed E-state index contributed by atoms with van der Waals surface area (Å²) in [5, 5.41) is 8.82. The molecule has 6 rings (SSSR count). The molecule has 2 nitrogen and oxygen atoms in total. The van der Waals surface area contributed by atoms with Crippen molar-refractivity contribution in [1.82, 2.24) is 0 Å². The van der Waals surface area contributed by atoms with Gasteiger partial charge in [0, 0.05) is 18.4 Å². The quantitative estimate of drug-likeness (QED) is 0.163. The van der Waals surface area contributed by atoms with E-state index in [1.54, 1.807) is 0 Å². The molecule has 0 saturated carbocycles. The third-order valence-corrected chi connectivity index (χ3v) is 8.03. The molecular formula is C32H22FeNOP. The smallest absolute Gasteiger partial charge is 0.623 e. The Morgan fingerprint density at radius 1 is 0.861 bits per heavy atom. The van der Waals surface area contributed by atoms with Crippen LogP contribution in [-0.4, -0.2) is 12.6 Å². The molecule has 36 heavy (non-hydrogen) atoms. The van der Waals surface area contributed by atoms with Gasteiger partial charge in [-0.3, -0.25) is 11.5 Å². The molecule has 1 heterocycles. The summed E-state index contributed by atoms with van der Waals surface area (Å²) in [6, 6.07) is 32.1. The van der Waals surface area contributed by atoms with Crippen LogP contribution in [-0.2, 0) is 28.2 Å². The van der Waals surface area contributed by atoms with Crippen LogP contribution in [0.25, 0.3) is 5.32 Å². The van der Waals surface area contributed by atoms with Crippen LogP contribution in [0.2, 0.25) is 0 Å². The van der Waals surface area contributed by atoms with E-state index in [1.165, 1.54) is 21.5 Å². The fraction of sp³-hybridized carbons (Fsp3) is 0.0938. The number of rotatable bonds is 6. The van der Waals surface area contributed by atoms with Gasteiger partial charge in [0.2, 0.25) is 0 Å². The minimum atomic E-state index is -0.700. The van der Waals surface area contributed by atoms with E-state index >= 15 is 0 Å². The molecule has 1 aliphatic heterocycles. The van der Waals surface area contributed by atoms with Crippen molar-refractivity contribution in [2.24, 2.45) is 0 Å². The van der Waals surface area contributed by atoms with E-state index in [1.807, 2.05) is 12.1 Å². The molecule has 0 spiro atoms. The molecule has 3 aliphatic rings. The van der Waals surface area contributed by atoms with Gasteiger partial charge in [-0.1, -0.05) is 91.0 Å². The van der Waals surface area contributed by atoms with Gasteiger partial charge >= 0.3 is 17.1 Å². The number of benzene rings is 3. The van der Waals surface area contributed by atoms with Crippen molar-refractivity contribution in [3.63, 3.8) is 0 Å². The van der Waals surface area contributed by atoms with E-state index in [0.717, 1.165) is 18.2 Å². The number of allylic oxidation sites excluding steroid dienone is 3. The van der Waals surface area contributed by atoms with Crippen LogP contribution in [0.5, 0.6) is 0 Å². The molecule has 0 N–H and O–H groups in total. The molecule has 0 bridgehead atoms. The van der Waals surface area contributed by atoms with Crippen molar-refractivity contribution >= 4 is 18.5 Å². The number of hydrogen-bond acceptors (Lipinski definition) is 1. The van der Waals surface area contributed by atoms with Crippen LogP contribution in [0.4, 0.5) is 0 Å². The summed E-state index contributed by atoms with van der Waals surface area (Å²) in [6.45, 7) is 0.622. The van der Waals surface area contributed by atoms with Gasteiger partial charge in [0.1, 0.15) is 0 Å². The predicted molar refractivity (Wildman–Crippen MR) is 142 cm³/mol. The Kier molecular flexibility index (Phi) is 9.55. The zero-order valence-corrected chi connectivity index (χ0v) is 21.5. The molecule has 1 fully saturated rings. The molecule has 4 heteroatoms. The Balaban J connectivity index is 0.000000455. The van der Waals surface area contributed by atoms with Crippen molar-refractivity contribution in [2.75, 3.05) is 6.61 Å². The number of ether oxygens (including phenoxy) is 1. The Morgan fingerprint density at radius 2 is 1.50 bits per heavy atom. The average molecular weight is 523 g/mol. The molecule has 174 valence electrons. The topological polar surface area (TPSA) is 23.3 Å². The molecule has 1 saturated heterocycles. The van der Waals surface area contributed by atoms with E-state index in [-0.39, 0.29) is 23.1 Å². The summed E-state index contributed by atoms with van der Waals surface area (Å²) in [7, 11) is -0.700. The van der Waals surface area contributed by atoms with E-state index in [4.69, 9.17) is 10.1 Å². The normalized spacial score (nSPS) is 17.1. The molecule has 3 aromatic carbocycles. The first-order chi connectivity index (χ1) is 17.4. The third kappa shape index (κ3) is 6.54. The van der Waals surface area contributed by atoms with Gasteiger partial charge in [-0.05, 0) is 48.0 Å². The molecule has 0 unspecified atom stereocenters. The first-order valence-electron chi connectivity index (χ1n) is 11.5. The van der Waals surface area contributed by atoms with Gasteiger partial charge in [0.15, 0.2) is 0 Å². The molecule has 2 radical (unpaired) electrons. The largest absolute Gasteiger partial charge is 2.00 e. The Hall–Kier alpha value is -3.13. The van der Waals surface area contributed by atoms with Gasteiger partial charge in [0.05, 0.1) is 0 Å². The number of hydrogen-bond donors (Lipinski definition) is 0.